The first-order chi connectivity index (χ1) is 10.7. The van der Waals surface area contributed by atoms with Gasteiger partial charge in [0.1, 0.15) is 5.70 Å². The van der Waals surface area contributed by atoms with Crippen molar-refractivity contribution in [1.29, 1.82) is 0 Å². The predicted molar refractivity (Wildman–Crippen MR) is 90.1 cm³/mol. The van der Waals surface area contributed by atoms with Crippen LogP contribution in [-0.4, -0.2) is 42.3 Å². The zero-order valence-corrected chi connectivity index (χ0v) is 14.1. The standard InChI is InChI=1S/C17H32N2O3/c1-3-5-6-7-8-9-15-22-17(21)16(18)11-10-12-19(4-2)13-14-20/h10-12,20H,3-9,13-15,18H2,1-2H3/b12-10+,16-11-. The maximum absolute atomic E-state index is 11.6. The van der Waals surface area contributed by atoms with Gasteiger partial charge in [-0.1, -0.05) is 39.0 Å². The fraction of sp³-hybridized carbons (Fsp3) is 0.706. The highest BCUT2D eigenvalue weighted by Crippen LogP contribution is 2.05. The molecule has 0 unspecified atom stereocenters. The topological polar surface area (TPSA) is 75.8 Å². The lowest BCUT2D eigenvalue weighted by atomic mass is 10.1. The summed E-state index contributed by atoms with van der Waals surface area (Å²) in [5.41, 5.74) is 5.77. The van der Waals surface area contributed by atoms with Gasteiger partial charge in [-0.25, -0.2) is 4.79 Å². The van der Waals surface area contributed by atoms with Gasteiger partial charge in [0, 0.05) is 13.1 Å². The molecule has 0 aromatic rings. The molecule has 0 aromatic carbocycles. The van der Waals surface area contributed by atoms with E-state index in [9.17, 15) is 4.79 Å². The average molecular weight is 312 g/mol. The van der Waals surface area contributed by atoms with E-state index in [1.54, 1.807) is 12.3 Å². The third-order valence-electron chi connectivity index (χ3n) is 3.33. The van der Waals surface area contributed by atoms with Crippen molar-refractivity contribution in [3.8, 4) is 0 Å². The number of aliphatic hydroxyl groups is 1. The van der Waals surface area contributed by atoms with Crippen molar-refractivity contribution in [2.45, 2.75) is 52.4 Å². The van der Waals surface area contributed by atoms with Gasteiger partial charge in [-0.05, 0) is 31.7 Å². The van der Waals surface area contributed by atoms with E-state index in [0.29, 0.717) is 13.2 Å². The zero-order valence-electron chi connectivity index (χ0n) is 14.1. The Labute approximate surface area is 134 Å². The minimum absolute atomic E-state index is 0.0949. The number of nitrogens with zero attached hydrogens (tertiary/aromatic N) is 1. The van der Waals surface area contributed by atoms with Crippen LogP contribution in [0.25, 0.3) is 0 Å². The van der Waals surface area contributed by atoms with Crippen LogP contribution in [0.1, 0.15) is 52.4 Å². The fourth-order valence-corrected chi connectivity index (χ4v) is 1.93. The quantitative estimate of drug-likeness (QED) is 0.237. The molecule has 0 saturated carbocycles. The summed E-state index contributed by atoms with van der Waals surface area (Å²) in [5, 5.41) is 8.86. The summed E-state index contributed by atoms with van der Waals surface area (Å²) in [5.74, 6) is -0.469. The Morgan fingerprint density at radius 2 is 1.86 bits per heavy atom. The molecule has 0 aliphatic heterocycles. The van der Waals surface area contributed by atoms with Gasteiger partial charge in [-0.2, -0.15) is 0 Å². The van der Waals surface area contributed by atoms with Crippen LogP contribution in [0.3, 0.4) is 0 Å². The molecule has 22 heavy (non-hydrogen) atoms. The Hall–Kier alpha value is -1.49. The molecule has 0 spiro atoms. The molecule has 0 saturated heterocycles. The van der Waals surface area contributed by atoms with Crippen molar-refractivity contribution in [2.75, 3.05) is 26.3 Å². The average Bonchev–Trinajstić information content (AvgIpc) is 2.52. The summed E-state index contributed by atoms with van der Waals surface area (Å²) in [4.78, 5) is 13.6. The highest BCUT2D eigenvalue weighted by Gasteiger charge is 2.05. The first-order valence-corrected chi connectivity index (χ1v) is 8.31. The Morgan fingerprint density at radius 1 is 1.18 bits per heavy atom. The Balaban J connectivity index is 3.90. The maximum atomic E-state index is 11.6. The molecular formula is C17H32N2O3. The van der Waals surface area contributed by atoms with Crippen molar-refractivity contribution >= 4 is 5.97 Å². The van der Waals surface area contributed by atoms with E-state index in [-0.39, 0.29) is 12.3 Å². The smallest absolute Gasteiger partial charge is 0.354 e. The molecule has 0 rings (SSSR count). The van der Waals surface area contributed by atoms with Gasteiger partial charge in [-0.15, -0.1) is 0 Å². The van der Waals surface area contributed by atoms with Crippen LogP contribution in [0.15, 0.2) is 24.0 Å². The van der Waals surface area contributed by atoms with Gasteiger partial charge >= 0.3 is 5.97 Å². The molecule has 0 bridgehead atoms. The first-order valence-electron chi connectivity index (χ1n) is 8.31. The molecule has 0 aromatic heterocycles. The molecule has 3 N–H and O–H groups in total. The Bertz CT molecular complexity index is 341. The van der Waals surface area contributed by atoms with Gasteiger partial charge in [0.05, 0.1) is 13.2 Å². The van der Waals surface area contributed by atoms with Crippen molar-refractivity contribution in [2.24, 2.45) is 5.73 Å². The van der Waals surface area contributed by atoms with Crippen LogP contribution in [-0.2, 0) is 9.53 Å². The highest BCUT2D eigenvalue weighted by molar-refractivity contribution is 5.87. The van der Waals surface area contributed by atoms with Crippen molar-refractivity contribution in [3.63, 3.8) is 0 Å². The van der Waals surface area contributed by atoms with Crippen molar-refractivity contribution < 1.29 is 14.6 Å². The number of aliphatic hydroxyl groups excluding tert-OH is 1. The third kappa shape index (κ3) is 11.2. The van der Waals surface area contributed by atoms with Gasteiger partial charge in [0.25, 0.3) is 0 Å². The number of carbonyl (C=O) groups is 1. The van der Waals surface area contributed by atoms with E-state index in [2.05, 4.69) is 6.92 Å². The highest BCUT2D eigenvalue weighted by atomic mass is 16.5. The molecule has 5 heteroatoms. The number of carbonyl (C=O) groups excluding carboxylic acids is 1. The minimum Gasteiger partial charge on any atom is -0.461 e. The normalized spacial score (nSPS) is 11.9. The SMILES string of the molecule is CCCCCCCCOC(=O)/C(N)=C/C=C/N(CC)CCO. The first kappa shape index (κ1) is 20.5. The zero-order chi connectivity index (χ0) is 16.6. The lowest BCUT2D eigenvalue weighted by Crippen LogP contribution is -2.20. The summed E-state index contributed by atoms with van der Waals surface area (Å²) in [6, 6.07) is 0. The van der Waals surface area contributed by atoms with E-state index in [1.807, 2.05) is 11.8 Å². The van der Waals surface area contributed by atoms with Crippen LogP contribution >= 0.6 is 0 Å². The minimum atomic E-state index is -0.469. The second-order valence-electron chi connectivity index (χ2n) is 5.22. The van der Waals surface area contributed by atoms with Gasteiger partial charge < -0.3 is 20.5 Å². The second kappa shape index (κ2) is 14.4. The molecule has 0 atom stereocenters. The molecular weight excluding hydrogens is 280 g/mol. The number of rotatable bonds is 13. The Morgan fingerprint density at radius 3 is 2.50 bits per heavy atom. The number of nitrogens with two attached hydrogens (primary N) is 1. The second-order valence-corrected chi connectivity index (χ2v) is 5.22. The van der Waals surface area contributed by atoms with Crippen molar-refractivity contribution in [3.05, 3.63) is 24.0 Å². The lowest BCUT2D eigenvalue weighted by Gasteiger charge is -2.15. The predicted octanol–water partition coefficient (Wildman–Crippen LogP) is 2.56. The molecule has 0 heterocycles. The summed E-state index contributed by atoms with van der Waals surface area (Å²) >= 11 is 0. The Kier molecular flexibility index (Phi) is 13.5. The summed E-state index contributed by atoms with van der Waals surface area (Å²) in [7, 11) is 0. The molecule has 128 valence electrons. The summed E-state index contributed by atoms with van der Waals surface area (Å²) in [6.07, 6.45) is 11.9. The van der Waals surface area contributed by atoms with Crippen molar-refractivity contribution in [1.82, 2.24) is 4.90 Å². The van der Waals surface area contributed by atoms with Crippen LogP contribution in [0, 0.1) is 0 Å². The maximum Gasteiger partial charge on any atom is 0.354 e. The van der Waals surface area contributed by atoms with Crippen LogP contribution < -0.4 is 5.73 Å². The van der Waals surface area contributed by atoms with Gasteiger partial charge in [-0.3, -0.25) is 0 Å². The molecule has 0 radical (unpaired) electrons. The molecule has 0 amide bonds. The van der Waals surface area contributed by atoms with E-state index in [4.69, 9.17) is 15.6 Å². The molecule has 5 nitrogen and oxygen atoms in total. The van der Waals surface area contributed by atoms with Crippen LogP contribution in [0.2, 0.25) is 0 Å². The number of ether oxygens (including phenoxy) is 1. The number of hydrogen-bond donors (Lipinski definition) is 2. The summed E-state index contributed by atoms with van der Waals surface area (Å²) in [6.45, 7) is 6.04. The van der Waals surface area contributed by atoms with E-state index < -0.39 is 5.97 Å². The van der Waals surface area contributed by atoms with Gasteiger partial charge in [0.15, 0.2) is 0 Å². The lowest BCUT2D eigenvalue weighted by molar-refractivity contribution is -0.139. The number of likely N-dealkylation sites (N-methyl/N-ethyl adjacent to an activating group) is 1. The third-order valence-corrected chi connectivity index (χ3v) is 3.33. The molecule has 0 aliphatic carbocycles. The summed E-state index contributed by atoms with van der Waals surface area (Å²) < 4.78 is 5.12. The monoisotopic (exact) mass is 312 g/mol. The number of hydrogen-bond acceptors (Lipinski definition) is 5. The number of unbranched alkanes of at least 4 members (excludes halogenated alkanes) is 5. The molecule has 0 aliphatic rings. The number of allylic oxidation sites excluding steroid dienone is 2. The van der Waals surface area contributed by atoms with E-state index in [0.717, 1.165) is 19.4 Å². The van der Waals surface area contributed by atoms with Crippen LogP contribution in [0.5, 0.6) is 0 Å². The largest absolute Gasteiger partial charge is 0.461 e. The fourth-order valence-electron chi connectivity index (χ4n) is 1.93. The molecule has 0 fully saturated rings. The number of esters is 1. The van der Waals surface area contributed by atoms with Gasteiger partial charge in [0.2, 0.25) is 0 Å². The van der Waals surface area contributed by atoms with E-state index >= 15 is 0 Å². The van der Waals surface area contributed by atoms with Crippen LogP contribution in [0.4, 0.5) is 0 Å². The van der Waals surface area contributed by atoms with E-state index in [1.165, 1.54) is 31.8 Å².